The van der Waals surface area contributed by atoms with Gasteiger partial charge in [0.2, 0.25) is 0 Å². The van der Waals surface area contributed by atoms with Crippen molar-refractivity contribution in [3.05, 3.63) is 60.8 Å². The Kier molecular flexibility index (Phi) is 63.2. The molecule has 0 aliphatic heterocycles. The molecule has 1 atom stereocenters. The molecule has 6 heteroatoms. The van der Waals surface area contributed by atoms with E-state index in [1.165, 1.54) is 231 Å². The summed E-state index contributed by atoms with van der Waals surface area (Å²) in [6.07, 6.45) is 83.9. The van der Waals surface area contributed by atoms with Gasteiger partial charge < -0.3 is 14.2 Å². The Bertz CT molecular complexity index is 1380. The zero-order valence-corrected chi connectivity index (χ0v) is 51.5. The largest absolute Gasteiger partial charge is 0.462 e. The van der Waals surface area contributed by atoms with Crippen LogP contribution in [0.4, 0.5) is 0 Å². The van der Waals surface area contributed by atoms with Crippen LogP contribution in [0.25, 0.3) is 0 Å². The number of allylic oxidation sites excluding steroid dienone is 10. The molecule has 0 heterocycles. The van der Waals surface area contributed by atoms with Crippen LogP contribution in [0.2, 0.25) is 0 Å². The van der Waals surface area contributed by atoms with Crippen molar-refractivity contribution >= 4 is 17.9 Å². The highest BCUT2D eigenvalue weighted by Gasteiger charge is 2.19. The first kappa shape index (κ1) is 74.1. The van der Waals surface area contributed by atoms with E-state index >= 15 is 0 Å². The summed E-state index contributed by atoms with van der Waals surface area (Å²) < 4.78 is 16.9. The number of esters is 3. The maximum Gasteiger partial charge on any atom is 0.306 e. The van der Waals surface area contributed by atoms with E-state index in [4.69, 9.17) is 14.2 Å². The molecule has 0 aromatic carbocycles. The normalized spacial score (nSPS) is 12.4. The number of hydrogen-bond donors (Lipinski definition) is 0. The van der Waals surface area contributed by atoms with E-state index in [-0.39, 0.29) is 37.5 Å². The highest BCUT2D eigenvalue weighted by molar-refractivity contribution is 5.71. The van der Waals surface area contributed by atoms with E-state index < -0.39 is 6.10 Å². The van der Waals surface area contributed by atoms with E-state index in [1.807, 2.05) is 0 Å². The smallest absolute Gasteiger partial charge is 0.306 e. The number of unbranched alkanes of at least 4 members (excludes halogenated alkanes) is 41. The van der Waals surface area contributed by atoms with Crippen LogP contribution in [0.15, 0.2) is 60.8 Å². The lowest BCUT2D eigenvalue weighted by Crippen LogP contribution is -2.30. The Morgan fingerprint density at radius 3 is 0.792 bits per heavy atom. The first-order chi connectivity index (χ1) is 38.0. The number of rotatable bonds is 62. The standard InChI is InChI=1S/C71H128O6/c1-4-7-10-13-16-19-22-25-28-31-33-35-36-38-40-43-46-49-52-55-58-61-64-70(73)76-67-68(66-75-69(72)63-60-57-54-51-48-45-42-39-30-27-24-21-18-15-12-9-6-3)77-71(74)65-62-59-56-53-50-47-44-41-37-34-32-29-26-23-20-17-14-11-8-5-2/h9,12,18,21,27,30,42,45,51,54,68H,4-8,10-11,13-17,19-20,22-26,28-29,31-41,43-44,46-50,52-53,55-67H2,1-3H3/b12-9-,21-18-,30-27-,45-42-,54-51-. The molecule has 0 aromatic heterocycles. The van der Waals surface area contributed by atoms with Crippen LogP contribution >= 0.6 is 0 Å². The minimum Gasteiger partial charge on any atom is -0.462 e. The van der Waals surface area contributed by atoms with Gasteiger partial charge in [0.05, 0.1) is 0 Å². The van der Waals surface area contributed by atoms with Crippen LogP contribution in [0, 0.1) is 0 Å². The molecule has 77 heavy (non-hydrogen) atoms. The van der Waals surface area contributed by atoms with Crippen molar-refractivity contribution in [2.24, 2.45) is 0 Å². The summed E-state index contributed by atoms with van der Waals surface area (Å²) in [5.41, 5.74) is 0. The molecule has 0 amide bonds. The molecule has 0 aliphatic rings. The molecule has 448 valence electrons. The summed E-state index contributed by atoms with van der Waals surface area (Å²) >= 11 is 0. The fourth-order valence-corrected chi connectivity index (χ4v) is 10.0. The average molecular weight is 1080 g/mol. The summed E-state index contributed by atoms with van der Waals surface area (Å²) in [5.74, 6) is -0.923. The van der Waals surface area contributed by atoms with Crippen molar-refractivity contribution in [2.75, 3.05) is 13.2 Å². The van der Waals surface area contributed by atoms with Crippen LogP contribution in [-0.2, 0) is 28.6 Å². The third-order valence-electron chi connectivity index (χ3n) is 15.0. The molecule has 0 saturated heterocycles. The Morgan fingerprint density at radius 2 is 0.506 bits per heavy atom. The van der Waals surface area contributed by atoms with E-state index in [1.54, 1.807) is 0 Å². The molecule has 6 nitrogen and oxygen atoms in total. The van der Waals surface area contributed by atoms with E-state index in [0.29, 0.717) is 19.3 Å². The van der Waals surface area contributed by atoms with Crippen molar-refractivity contribution in [2.45, 2.75) is 361 Å². The molecule has 0 aliphatic carbocycles. The molecule has 0 rings (SSSR count). The van der Waals surface area contributed by atoms with Gasteiger partial charge in [-0.2, -0.15) is 0 Å². The van der Waals surface area contributed by atoms with Crippen molar-refractivity contribution < 1.29 is 28.6 Å². The molecular formula is C71H128O6. The summed E-state index contributed by atoms with van der Waals surface area (Å²) in [6.45, 7) is 6.55. The minimum absolute atomic E-state index is 0.0869. The average Bonchev–Trinajstić information content (AvgIpc) is 3.43. The third kappa shape index (κ3) is 63.8. The summed E-state index contributed by atoms with van der Waals surface area (Å²) in [5, 5.41) is 0. The highest BCUT2D eigenvalue weighted by atomic mass is 16.6. The molecule has 0 bridgehead atoms. The van der Waals surface area contributed by atoms with Crippen molar-refractivity contribution in [1.29, 1.82) is 0 Å². The second kappa shape index (κ2) is 65.6. The van der Waals surface area contributed by atoms with Gasteiger partial charge in [0.15, 0.2) is 6.10 Å². The topological polar surface area (TPSA) is 78.9 Å². The van der Waals surface area contributed by atoms with Gasteiger partial charge in [-0.05, 0) is 57.8 Å². The molecule has 0 radical (unpaired) electrons. The van der Waals surface area contributed by atoms with Gasteiger partial charge in [0.25, 0.3) is 0 Å². The fourth-order valence-electron chi connectivity index (χ4n) is 10.0. The molecular weight excluding hydrogens is 949 g/mol. The van der Waals surface area contributed by atoms with Crippen LogP contribution in [0.3, 0.4) is 0 Å². The van der Waals surface area contributed by atoms with Gasteiger partial charge in [-0.15, -0.1) is 0 Å². The van der Waals surface area contributed by atoms with Gasteiger partial charge in [-0.3, -0.25) is 14.4 Å². The van der Waals surface area contributed by atoms with Gasteiger partial charge in [0, 0.05) is 19.3 Å². The Hall–Kier alpha value is -2.89. The molecule has 0 saturated carbocycles. The summed E-state index contributed by atoms with van der Waals surface area (Å²) in [7, 11) is 0. The lowest BCUT2D eigenvalue weighted by molar-refractivity contribution is -0.167. The lowest BCUT2D eigenvalue weighted by atomic mass is 10.0. The van der Waals surface area contributed by atoms with Crippen molar-refractivity contribution in [3.8, 4) is 0 Å². The zero-order chi connectivity index (χ0) is 55.7. The quantitative estimate of drug-likeness (QED) is 0.0261. The molecule has 0 N–H and O–H groups in total. The monoisotopic (exact) mass is 1080 g/mol. The van der Waals surface area contributed by atoms with Gasteiger partial charge in [-0.1, -0.05) is 338 Å². The van der Waals surface area contributed by atoms with Crippen LogP contribution in [0.5, 0.6) is 0 Å². The van der Waals surface area contributed by atoms with Crippen molar-refractivity contribution in [3.63, 3.8) is 0 Å². The van der Waals surface area contributed by atoms with E-state index in [2.05, 4.69) is 81.5 Å². The first-order valence-electron chi connectivity index (χ1n) is 33.8. The van der Waals surface area contributed by atoms with Gasteiger partial charge in [0.1, 0.15) is 13.2 Å². The Labute approximate surface area is 479 Å². The van der Waals surface area contributed by atoms with Crippen molar-refractivity contribution in [1.82, 2.24) is 0 Å². The Balaban J connectivity index is 4.36. The second-order valence-corrected chi connectivity index (χ2v) is 22.7. The first-order valence-corrected chi connectivity index (χ1v) is 33.8. The maximum atomic E-state index is 12.9. The Morgan fingerprint density at radius 1 is 0.273 bits per heavy atom. The van der Waals surface area contributed by atoms with Gasteiger partial charge >= 0.3 is 17.9 Å². The molecule has 0 spiro atoms. The fraction of sp³-hybridized carbons (Fsp3) is 0.817. The molecule has 0 aromatic rings. The highest BCUT2D eigenvalue weighted by Crippen LogP contribution is 2.18. The molecule has 0 fully saturated rings. The number of hydrogen-bond acceptors (Lipinski definition) is 6. The van der Waals surface area contributed by atoms with Crippen LogP contribution < -0.4 is 0 Å². The minimum atomic E-state index is -0.795. The number of carbonyl (C=O) groups is 3. The van der Waals surface area contributed by atoms with E-state index in [0.717, 1.165) is 77.0 Å². The summed E-state index contributed by atoms with van der Waals surface area (Å²) in [6, 6.07) is 0. The van der Waals surface area contributed by atoms with Crippen LogP contribution in [0.1, 0.15) is 355 Å². The van der Waals surface area contributed by atoms with E-state index in [9.17, 15) is 14.4 Å². The van der Waals surface area contributed by atoms with Crippen LogP contribution in [-0.4, -0.2) is 37.2 Å². The molecule has 1 unspecified atom stereocenters. The van der Waals surface area contributed by atoms with Gasteiger partial charge in [-0.25, -0.2) is 0 Å². The third-order valence-corrected chi connectivity index (χ3v) is 15.0. The predicted molar refractivity (Wildman–Crippen MR) is 335 cm³/mol. The maximum absolute atomic E-state index is 12.9. The summed E-state index contributed by atoms with van der Waals surface area (Å²) in [4.78, 5) is 38.4. The number of carbonyl (C=O) groups excluding carboxylic acids is 3. The number of ether oxygens (including phenoxy) is 3. The predicted octanol–water partition coefficient (Wildman–Crippen LogP) is 23.1. The lowest BCUT2D eigenvalue weighted by Gasteiger charge is -2.18. The SMILES string of the molecule is CC/C=C\C/C=C\C/C=C\C/C=C\C/C=C\CCCC(=O)OCC(COC(=O)CCCCCCCCCCCCCCCCCCCCCCCC)OC(=O)CCCCCCCCCCCCCCCCCCCCCC. The second-order valence-electron chi connectivity index (χ2n) is 22.7. The zero-order valence-electron chi connectivity index (χ0n) is 51.5.